The van der Waals surface area contributed by atoms with Crippen molar-refractivity contribution in [2.75, 3.05) is 0 Å². The van der Waals surface area contributed by atoms with Gasteiger partial charge in [0.25, 0.3) is 0 Å². The number of nitrogens with zero attached hydrogens (tertiary/aromatic N) is 1. The van der Waals surface area contributed by atoms with Crippen molar-refractivity contribution >= 4 is 5.69 Å². The number of aryl methyl sites for hydroxylation is 1. The van der Waals surface area contributed by atoms with Crippen LogP contribution in [-0.2, 0) is 0 Å². The monoisotopic (exact) mass is 277 g/mol. The smallest absolute Gasteiger partial charge is 0.314 e. The number of halogens is 1. The Morgan fingerprint density at radius 3 is 2.35 bits per heavy atom. The molecule has 0 saturated heterocycles. The molecule has 0 atom stereocenters. The van der Waals surface area contributed by atoms with Gasteiger partial charge in [0.2, 0.25) is 5.75 Å². The topological polar surface area (TPSA) is 52.4 Å². The average Bonchev–Trinajstić information content (AvgIpc) is 2.45. The van der Waals surface area contributed by atoms with Crippen LogP contribution >= 0.6 is 0 Å². The number of ether oxygens (including phenoxy) is 1. The number of para-hydroxylation sites is 1. The first-order chi connectivity index (χ1) is 9.58. The van der Waals surface area contributed by atoms with Crippen molar-refractivity contribution in [3.05, 3.63) is 64.0 Å². The quantitative estimate of drug-likeness (QED) is 0.594. The summed E-state index contributed by atoms with van der Waals surface area (Å²) in [5.74, 6) is -0.137. The van der Waals surface area contributed by atoms with Gasteiger partial charge in [0.05, 0.1) is 11.0 Å². The van der Waals surface area contributed by atoms with Crippen molar-refractivity contribution in [3.63, 3.8) is 0 Å². The SMILES string of the molecule is CC.Cc1ccccc1Oc1ccc(F)cc1[N+](=O)[O-]. The molecule has 0 aliphatic heterocycles. The molecule has 0 N–H and O–H groups in total. The van der Waals surface area contributed by atoms with E-state index in [1.54, 1.807) is 12.1 Å². The van der Waals surface area contributed by atoms with Gasteiger partial charge in [-0.3, -0.25) is 10.1 Å². The maximum Gasteiger partial charge on any atom is 0.314 e. The summed E-state index contributed by atoms with van der Waals surface area (Å²) in [5, 5.41) is 10.8. The highest BCUT2D eigenvalue weighted by Gasteiger charge is 2.17. The Morgan fingerprint density at radius 1 is 1.10 bits per heavy atom. The van der Waals surface area contributed by atoms with E-state index >= 15 is 0 Å². The Bertz CT molecular complexity index is 599. The molecule has 2 rings (SSSR count). The Morgan fingerprint density at radius 2 is 1.75 bits per heavy atom. The van der Waals surface area contributed by atoms with E-state index in [1.165, 1.54) is 6.07 Å². The molecule has 2 aromatic rings. The van der Waals surface area contributed by atoms with Crippen LogP contribution in [0.2, 0.25) is 0 Å². The largest absolute Gasteiger partial charge is 0.450 e. The third kappa shape index (κ3) is 3.78. The zero-order valence-electron chi connectivity index (χ0n) is 11.6. The third-order valence-corrected chi connectivity index (χ3v) is 2.43. The first-order valence-electron chi connectivity index (χ1n) is 6.25. The molecule has 0 aliphatic carbocycles. The Hall–Kier alpha value is -2.43. The van der Waals surface area contributed by atoms with E-state index in [2.05, 4.69) is 0 Å². The van der Waals surface area contributed by atoms with Gasteiger partial charge < -0.3 is 4.74 Å². The summed E-state index contributed by atoms with van der Waals surface area (Å²) in [4.78, 5) is 10.1. The molecule has 0 aliphatic rings. The Balaban J connectivity index is 0.000000956. The average molecular weight is 277 g/mol. The van der Waals surface area contributed by atoms with Gasteiger partial charge >= 0.3 is 5.69 Å². The number of benzene rings is 2. The molecule has 20 heavy (non-hydrogen) atoms. The molecular weight excluding hydrogens is 261 g/mol. The summed E-state index contributed by atoms with van der Waals surface area (Å²) in [5.41, 5.74) is 0.453. The summed E-state index contributed by atoms with van der Waals surface area (Å²) in [6, 6.07) is 10.3. The maximum absolute atomic E-state index is 13.0. The van der Waals surface area contributed by atoms with Crippen LogP contribution in [0.15, 0.2) is 42.5 Å². The first kappa shape index (κ1) is 15.6. The molecule has 0 saturated carbocycles. The molecule has 0 amide bonds. The molecule has 0 radical (unpaired) electrons. The lowest BCUT2D eigenvalue weighted by Crippen LogP contribution is -1.95. The van der Waals surface area contributed by atoms with Crippen molar-refractivity contribution in [1.29, 1.82) is 0 Å². The van der Waals surface area contributed by atoms with Gasteiger partial charge in [-0.05, 0) is 30.7 Å². The van der Waals surface area contributed by atoms with Gasteiger partial charge in [0.1, 0.15) is 11.6 Å². The number of hydrogen-bond donors (Lipinski definition) is 0. The van der Waals surface area contributed by atoms with E-state index in [9.17, 15) is 14.5 Å². The second kappa shape index (κ2) is 7.23. The van der Waals surface area contributed by atoms with Crippen LogP contribution in [0.5, 0.6) is 11.5 Å². The highest BCUT2D eigenvalue weighted by atomic mass is 19.1. The van der Waals surface area contributed by atoms with E-state index in [0.29, 0.717) is 5.75 Å². The van der Waals surface area contributed by atoms with Crippen LogP contribution in [0, 0.1) is 22.9 Å². The van der Waals surface area contributed by atoms with Crippen molar-refractivity contribution in [2.45, 2.75) is 20.8 Å². The molecule has 2 aromatic carbocycles. The molecule has 0 heterocycles. The van der Waals surface area contributed by atoms with Gasteiger partial charge in [0, 0.05) is 0 Å². The van der Waals surface area contributed by atoms with Gasteiger partial charge in [-0.1, -0.05) is 32.0 Å². The van der Waals surface area contributed by atoms with Crippen molar-refractivity contribution in [1.82, 2.24) is 0 Å². The van der Waals surface area contributed by atoms with Gasteiger partial charge in [-0.15, -0.1) is 0 Å². The molecule has 0 bridgehead atoms. The molecule has 0 spiro atoms. The number of nitro groups is 1. The molecule has 5 heteroatoms. The van der Waals surface area contributed by atoms with Crippen LogP contribution in [0.3, 0.4) is 0 Å². The van der Waals surface area contributed by atoms with Crippen LogP contribution in [0.1, 0.15) is 19.4 Å². The molecule has 0 unspecified atom stereocenters. The van der Waals surface area contributed by atoms with Gasteiger partial charge in [-0.25, -0.2) is 4.39 Å². The summed E-state index contributed by atoms with van der Waals surface area (Å²) in [7, 11) is 0. The predicted octanol–water partition coefficient (Wildman–Crippen LogP) is 4.86. The van der Waals surface area contributed by atoms with Crippen LogP contribution < -0.4 is 4.74 Å². The summed E-state index contributed by atoms with van der Waals surface area (Å²) in [6.07, 6.45) is 0. The predicted molar refractivity (Wildman–Crippen MR) is 75.7 cm³/mol. The molecule has 4 nitrogen and oxygen atoms in total. The van der Waals surface area contributed by atoms with Crippen molar-refractivity contribution in [3.8, 4) is 11.5 Å². The summed E-state index contributed by atoms with van der Waals surface area (Å²) < 4.78 is 18.4. The lowest BCUT2D eigenvalue weighted by atomic mass is 10.2. The zero-order valence-corrected chi connectivity index (χ0v) is 11.6. The Kier molecular flexibility index (Phi) is 5.65. The highest BCUT2D eigenvalue weighted by Crippen LogP contribution is 2.32. The fourth-order valence-corrected chi connectivity index (χ4v) is 1.51. The number of nitro benzene ring substituents is 1. The normalized spacial score (nSPS) is 9.40. The van der Waals surface area contributed by atoms with E-state index < -0.39 is 16.4 Å². The summed E-state index contributed by atoms with van der Waals surface area (Å²) >= 11 is 0. The maximum atomic E-state index is 13.0. The molecule has 0 fully saturated rings. The molecule has 0 aromatic heterocycles. The lowest BCUT2D eigenvalue weighted by molar-refractivity contribution is -0.385. The van der Waals surface area contributed by atoms with Crippen molar-refractivity contribution < 1.29 is 14.1 Å². The van der Waals surface area contributed by atoms with Crippen LogP contribution in [0.4, 0.5) is 10.1 Å². The summed E-state index contributed by atoms with van der Waals surface area (Å²) in [6.45, 7) is 5.82. The second-order valence-corrected chi connectivity index (χ2v) is 3.74. The number of rotatable bonds is 3. The fourth-order valence-electron chi connectivity index (χ4n) is 1.51. The highest BCUT2D eigenvalue weighted by molar-refractivity contribution is 5.49. The van der Waals surface area contributed by atoms with Crippen LogP contribution in [-0.4, -0.2) is 4.92 Å². The second-order valence-electron chi connectivity index (χ2n) is 3.74. The minimum Gasteiger partial charge on any atom is -0.450 e. The minimum atomic E-state index is -0.670. The van der Waals surface area contributed by atoms with Crippen molar-refractivity contribution in [2.24, 2.45) is 0 Å². The minimum absolute atomic E-state index is 0.0238. The van der Waals surface area contributed by atoms with E-state index in [1.807, 2.05) is 32.9 Å². The molecular formula is C15H16FNO3. The van der Waals surface area contributed by atoms with Gasteiger partial charge in [0.15, 0.2) is 0 Å². The van der Waals surface area contributed by atoms with E-state index in [-0.39, 0.29) is 5.75 Å². The number of hydrogen-bond acceptors (Lipinski definition) is 3. The lowest BCUT2D eigenvalue weighted by Gasteiger charge is -2.08. The third-order valence-electron chi connectivity index (χ3n) is 2.43. The van der Waals surface area contributed by atoms with Crippen LogP contribution in [0.25, 0.3) is 0 Å². The Labute approximate surface area is 117 Å². The van der Waals surface area contributed by atoms with E-state index in [0.717, 1.165) is 17.7 Å². The zero-order chi connectivity index (χ0) is 15.1. The van der Waals surface area contributed by atoms with Gasteiger partial charge in [-0.2, -0.15) is 0 Å². The first-order valence-corrected chi connectivity index (χ1v) is 6.25. The molecule has 106 valence electrons. The standard InChI is InChI=1S/C13H10FNO3.C2H6/c1-9-4-2-3-5-12(9)18-13-7-6-10(14)8-11(13)15(16)17;1-2/h2-8H,1H3;1-2H3. The van der Waals surface area contributed by atoms with E-state index in [4.69, 9.17) is 4.74 Å². The fraction of sp³-hybridized carbons (Fsp3) is 0.200.